The number of para-hydroxylation sites is 1. The second kappa shape index (κ2) is 5.01. The molecule has 0 N–H and O–H groups in total. The molecule has 1 aromatic carbocycles. The van der Waals surface area contributed by atoms with Gasteiger partial charge < -0.3 is 4.74 Å². The highest BCUT2D eigenvalue weighted by Crippen LogP contribution is 2.35. The van der Waals surface area contributed by atoms with Crippen molar-refractivity contribution < 1.29 is 4.74 Å². The van der Waals surface area contributed by atoms with Crippen LogP contribution in [0.15, 0.2) is 48.1 Å². The van der Waals surface area contributed by atoms with E-state index in [1.807, 2.05) is 6.07 Å². The first-order chi connectivity index (χ1) is 8.47. The van der Waals surface area contributed by atoms with Gasteiger partial charge in [-0.2, -0.15) is 0 Å². The standard InChI is InChI=1S/C17H22O/c1-13(14-9-5-6-10-14)15-11-7-8-12-16(15)18-17(2,3)4/h5,7-13H,6H2,1-4H3. The summed E-state index contributed by atoms with van der Waals surface area (Å²) in [4.78, 5) is 0. The zero-order chi connectivity index (χ0) is 13.2. The van der Waals surface area contributed by atoms with Crippen molar-refractivity contribution in [1.82, 2.24) is 0 Å². The zero-order valence-electron chi connectivity index (χ0n) is 11.7. The Labute approximate surface area is 110 Å². The summed E-state index contributed by atoms with van der Waals surface area (Å²) in [5, 5.41) is 0. The third kappa shape index (κ3) is 3.04. The predicted molar refractivity (Wildman–Crippen MR) is 77.1 cm³/mol. The Hall–Kier alpha value is -1.50. The molecule has 0 fully saturated rings. The molecular formula is C17H22O. The van der Waals surface area contributed by atoms with Crippen molar-refractivity contribution in [3.05, 3.63) is 53.6 Å². The Morgan fingerprint density at radius 3 is 2.50 bits per heavy atom. The number of hydrogen-bond acceptors (Lipinski definition) is 1. The van der Waals surface area contributed by atoms with Crippen LogP contribution >= 0.6 is 0 Å². The van der Waals surface area contributed by atoms with Gasteiger partial charge in [-0.25, -0.2) is 0 Å². The van der Waals surface area contributed by atoms with Crippen molar-refractivity contribution in [3.8, 4) is 5.75 Å². The molecule has 1 heteroatoms. The lowest BCUT2D eigenvalue weighted by atomic mass is 9.92. The molecule has 1 nitrogen and oxygen atoms in total. The van der Waals surface area contributed by atoms with Gasteiger partial charge in [0.05, 0.1) is 0 Å². The molecular weight excluding hydrogens is 220 g/mol. The lowest BCUT2D eigenvalue weighted by Crippen LogP contribution is -2.23. The van der Waals surface area contributed by atoms with E-state index in [0.717, 1.165) is 12.2 Å². The van der Waals surface area contributed by atoms with Crippen molar-refractivity contribution in [3.63, 3.8) is 0 Å². The normalized spacial score (nSPS) is 16.6. The molecule has 0 saturated carbocycles. The summed E-state index contributed by atoms with van der Waals surface area (Å²) in [5.41, 5.74) is 2.50. The molecule has 0 spiro atoms. The van der Waals surface area contributed by atoms with Crippen molar-refractivity contribution >= 4 is 0 Å². The van der Waals surface area contributed by atoms with Gasteiger partial charge in [0, 0.05) is 11.5 Å². The van der Waals surface area contributed by atoms with Crippen LogP contribution in [0.3, 0.4) is 0 Å². The number of hydrogen-bond donors (Lipinski definition) is 0. The minimum atomic E-state index is -0.157. The molecule has 2 rings (SSSR count). The van der Waals surface area contributed by atoms with Crippen LogP contribution in [0, 0.1) is 0 Å². The molecule has 0 aromatic heterocycles. The Balaban J connectivity index is 2.29. The van der Waals surface area contributed by atoms with Crippen LogP contribution in [0.4, 0.5) is 0 Å². The molecule has 1 aromatic rings. The summed E-state index contributed by atoms with van der Waals surface area (Å²) in [6, 6.07) is 8.35. The minimum Gasteiger partial charge on any atom is -0.488 e. The Bertz CT molecular complexity index is 475. The molecule has 96 valence electrons. The van der Waals surface area contributed by atoms with Crippen molar-refractivity contribution in [1.29, 1.82) is 0 Å². The van der Waals surface area contributed by atoms with E-state index in [1.165, 1.54) is 11.1 Å². The fourth-order valence-electron chi connectivity index (χ4n) is 2.24. The summed E-state index contributed by atoms with van der Waals surface area (Å²) in [7, 11) is 0. The van der Waals surface area contributed by atoms with E-state index < -0.39 is 0 Å². The Morgan fingerprint density at radius 1 is 1.17 bits per heavy atom. The maximum absolute atomic E-state index is 6.06. The lowest BCUT2D eigenvalue weighted by Gasteiger charge is -2.25. The highest BCUT2D eigenvalue weighted by molar-refractivity contribution is 5.44. The number of benzene rings is 1. The maximum atomic E-state index is 6.06. The van der Waals surface area contributed by atoms with E-state index in [4.69, 9.17) is 4.74 Å². The molecule has 0 amide bonds. The van der Waals surface area contributed by atoms with Crippen molar-refractivity contribution in [2.24, 2.45) is 0 Å². The highest BCUT2D eigenvalue weighted by Gasteiger charge is 2.19. The van der Waals surface area contributed by atoms with Crippen LogP contribution in [0.2, 0.25) is 0 Å². The van der Waals surface area contributed by atoms with E-state index in [1.54, 1.807) is 0 Å². The molecule has 0 saturated heterocycles. The summed E-state index contributed by atoms with van der Waals surface area (Å²) in [6.45, 7) is 8.50. The summed E-state index contributed by atoms with van der Waals surface area (Å²) in [6.07, 6.45) is 7.78. The first-order valence-electron chi connectivity index (χ1n) is 6.62. The molecule has 1 atom stereocenters. The number of rotatable bonds is 3. The van der Waals surface area contributed by atoms with E-state index in [0.29, 0.717) is 5.92 Å². The molecule has 0 radical (unpaired) electrons. The van der Waals surface area contributed by atoms with E-state index in [-0.39, 0.29) is 5.60 Å². The van der Waals surface area contributed by atoms with Crippen LogP contribution in [0.5, 0.6) is 5.75 Å². The Morgan fingerprint density at radius 2 is 1.89 bits per heavy atom. The van der Waals surface area contributed by atoms with E-state index in [2.05, 4.69) is 64.1 Å². The van der Waals surface area contributed by atoms with Crippen LogP contribution in [-0.4, -0.2) is 5.60 Å². The van der Waals surface area contributed by atoms with Gasteiger partial charge >= 0.3 is 0 Å². The number of allylic oxidation sites excluding steroid dienone is 4. The summed E-state index contributed by atoms with van der Waals surface area (Å²) >= 11 is 0. The fourth-order valence-corrected chi connectivity index (χ4v) is 2.24. The predicted octanol–water partition coefficient (Wildman–Crippen LogP) is 4.85. The monoisotopic (exact) mass is 242 g/mol. The van der Waals surface area contributed by atoms with Crippen molar-refractivity contribution in [2.75, 3.05) is 0 Å². The number of ether oxygens (including phenoxy) is 1. The zero-order valence-corrected chi connectivity index (χ0v) is 11.7. The molecule has 1 aliphatic rings. The van der Waals surface area contributed by atoms with E-state index >= 15 is 0 Å². The average Bonchev–Trinajstić information content (AvgIpc) is 2.80. The van der Waals surface area contributed by atoms with Crippen molar-refractivity contribution in [2.45, 2.75) is 45.6 Å². The SMILES string of the molecule is CC(C1=CCC=C1)c1ccccc1OC(C)(C)C. The van der Waals surface area contributed by atoms with Gasteiger partial charge in [0.2, 0.25) is 0 Å². The largest absolute Gasteiger partial charge is 0.488 e. The topological polar surface area (TPSA) is 9.23 Å². The van der Waals surface area contributed by atoms with Gasteiger partial charge in [0.25, 0.3) is 0 Å². The quantitative estimate of drug-likeness (QED) is 0.736. The van der Waals surface area contributed by atoms with Crippen LogP contribution in [-0.2, 0) is 0 Å². The molecule has 0 heterocycles. The molecule has 0 aliphatic heterocycles. The van der Waals surface area contributed by atoms with E-state index in [9.17, 15) is 0 Å². The van der Waals surface area contributed by atoms with Crippen LogP contribution in [0.25, 0.3) is 0 Å². The minimum absolute atomic E-state index is 0.157. The summed E-state index contributed by atoms with van der Waals surface area (Å²) < 4.78 is 6.06. The second-order valence-corrected chi connectivity index (χ2v) is 5.82. The van der Waals surface area contributed by atoms with Gasteiger partial charge in [-0.1, -0.05) is 43.4 Å². The van der Waals surface area contributed by atoms with Gasteiger partial charge in [-0.3, -0.25) is 0 Å². The van der Waals surface area contributed by atoms with Crippen LogP contribution in [0.1, 0.15) is 45.6 Å². The molecule has 18 heavy (non-hydrogen) atoms. The average molecular weight is 242 g/mol. The Kier molecular flexibility index (Phi) is 3.60. The van der Waals surface area contributed by atoms with Crippen LogP contribution < -0.4 is 4.74 Å². The first kappa shape index (κ1) is 12.9. The summed E-state index contributed by atoms with van der Waals surface area (Å²) in [5.74, 6) is 1.39. The first-order valence-corrected chi connectivity index (χ1v) is 6.62. The third-order valence-corrected chi connectivity index (χ3v) is 3.10. The third-order valence-electron chi connectivity index (χ3n) is 3.10. The highest BCUT2D eigenvalue weighted by atomic mass is 16.5. The fraction of sp³-hybridized carbons (Fsp3) is 0.412. The van der Waals surface area contributed by atoms with Gasteiger partial charge in [-0.05, 0) is 38.8 Å². The molecule has 1 aliphatic carbocycles. The second-order valence-electron chi connectivity index (χ2n) is 5.82. The molecule has 0 bridgehead atoms. The smallest absolute Gasteiger partial charge is 0.123 e. The lowest BCUT2D eigenvalue weighted by molar-refractivity contribution is 0.129. The maximum Gasteiger partial charge on any atom is 0.123 e. The molecule has 1 unspecified atom stereocenters. The van der Waals surface area contributed by atoms with Gasteiger partial charge in [0.15, 0.2) is 0 Å². The van der Waals surface area contributed by atoms with Gasteiger partial charge in [0.1, 0.15) is 11.4 Å². The van der Waals surface area contributed by atoms with Gasteiger partial charge in [-0.15, -0.1) is 0 Å².